The maximum absolute atomic E-state index is 8.92. The highest BCUT2D eigenvalue weighted by molar-refractivity contribution is 6.43. The molecular weight excluding hydrogens is 175 g/mol. The molecule has 0 amide bonds. The van der Waals surface area contributed by atoms with E-state index in [4.69, 9.17) is 33.4 Å². The van der Waals surface area contributed by atoms with E-state index in [1.807, 2.05) is 0 Å². The van der Waals surface area contributed by atoms with Gasteiger partial charge in [0.1, 0.15) is 5.02 Å². The van der Waals surface area contributed by atoms with Crippen molar-refractivity contribution < 1.29 is 10.2 Å². The van der Waals surface area contributed by atoms with E-state index in [0.29, 0.717) is 0 Å². The Morgan fingerprint density at radius 3 is 2.20 bits per heavy atom. The average molecular weight is 179 g/mol. The van der Waals surface area contributed by atoms with Crippen molar-refractivity contribution in [3.05, 3.63) is 22.2 Å². The largest absolute Gasteiger partial charge is 0.504 e. The highest BCUT2D eigenvalue weighted by Gasteiger charge is 2.06. The zero-order valence-electron chi connectivity index (χ0n) is 4.81. The van der Waals surface area contributed by atoms with E-state index < -0.39 is 0 Å². The molecule has 54 valence electrons. The second kappa shape index (κ2) is 2.56. The van der Waals surface area contributed by atoms with Crippen LogP contribution in [0, 0.1) is 0 Å². The van der Waals surface area contributed by atoms with Gasteiger partial charge in [0, 0.05) is 0 Å². The van der Waals surface area contributed by atoms with Gasteiger partial charge in [-0.1, -0.05) is 23.2 Å². The third-order valence-corrected chi connectivity index (χ3v) is 1.84. The summed E-state index contributed by atoms with van der Waals surface area (Å²) < 4.78 is 0. The summed E-state index contributed by atoms with van der Waals surface area (Å²) in [5, 5.41) is 17.9. The molecule has 10 heavy (non-hydrogen) atoms. The van der Waals surface area contributed by atoms with Crippen LogP contribution in [0.3, 0.4) is 0 Å². The fraction of sp³-hybridized carbons (Fsp3) is 0. The SMILES string of the molecule is Oc1ccc(Cl)c(Cl)c1O. The fourth-order valence-corrected chi connectivity index (χ4v) is 0.842. The molecule has 2 nitrogen and oxygen atoms in total. The van der Waals surface area contributed by atoms with Crippen molar-refractivity contribution in [3.63, 3.8) is 0 Å². The summed E-state index contributed by atoms with van der Waals surface area (Å²) in [6, 6.07) is 2.67. The van der Waals surface area contributed by atoms with Gasteiger partial charge in [0.05, 0.1) is 5.02 Å². The second-order valence-corrected chi connectivity index (χ2v) is 2.51. The number of aromatic hydroxyl groups is 2. The molecule has 1 aromatic rings. The summed E-state index contributed by atoms with van der Waals surface area (Å²) in [6.07, 6.45) is 0. The molecule has 0 unspecified atom stereocenters. The first kappa shape index (κ1) is 7.51. The molecule has 2 N–H and O–H groups in total. The Labute approximate surface area is 67.6 Å². The van der Waals surface area contributed by atoms with Crippen LogP contribution in [-0.2, 0) is 0 Å². The van der Waals surface area contributed by atoms with Crippen LogP contribution in [0.1, 0.15) is 0 Å². The topological polar surface area (TPSA) is 40.5 Å². The second-order valence-electron chi connectivity index (χ2n) is 1.73. The van der Waals surface area contributed by atoms with Gasteiger partial charge in [-0.3, -0.25) is 0 Å². The molecule has 0 saturated heterocycles. The standard InChI is InChI=1S/C6H4Cl2O2/c7-3-1-2-4(9)6(10)5(3)8/h1-2,9-10H. The van der Waals surface area contributed by atoms with Gasteiger partial charge in [-0.25, -0.2) is 0 Å². The predicted molar refractivity (Wildman–Crippen MR) is 39.8 cm³/mol. The van der Waals surface area contributed by atoms with Crippen molar-refractivity contribution in [3.8, 4) is 11.5 Å². The van der Waals surface area contributed by atoms with E-state index in [9.17, 15) is 0 Å². The van der Waals surface area contributed by atoms with Crippen molar-refractivity contribution in [1.82, 2.24) is 0 Å². The van der Waals surface area contributed by atoms with Crippen LogP contribution >= 0.6 is 23.2 Å². The molecule has 0 aromatic heterocycles. The van der Waals surface area contributed by atoms with E-state index >= 15 is 0 Å². The monoisotopic (exact) mass is 178 g/mol. The zero-order chi connectivity index (χ0) is 7.72. The zero-order valence-corrected chi connectivity index (χ0v) is 6.32. The van der Waals surface area contributed by atoms with Gasteiger partial charge in [-0.05, 0) is 12.1 Å². The van der Waals surface area contributed by atoms with Gasteiger partial charge < -0.3 is 10.2 Å². The summed E-state index contributed by atoms with van der Waals surface area (Å²) in [4.78, 5) is 0. The molecule has 0 heterocycles. The lowest BCUT2D eigenvalue weighted by Gasteiger charge is -1.99. The van der Waals surface area contributed by atoms with Crippen LogP contribution in [-0.4, -0.2) is 10.2 Å². The van der Waals surface area contributed by atoms with Crippen molar-refractivity contribution in [2.24, 2.45) is 0 Å². The van der Waals surface area contributed by atoms with Gasteiger partial charge in [-0.15, -0.1) is 0 Å². The van der Waals surface area contributed by atoms with Crippen LogP contribution in [0.5, 0.6) is 11.5 Å². The minimum absolute atomic E-state index is 0.0262. The number of rotatable bonds is 0. The van der Waals surface area contributed by atoms with Crippen molar-refractivity contribution in [2.75, 3.05) is 0 Å². The van der Waals surface area contributed by atoms with Crippen LogP contribution in [0.4, 0.5) is 0 Å². The smallest absolute Gasteiger partial charge is 0.178 e. The highest BCUT2D eigenvalue weighted by Crippen LogP contribution is 2.37. The Kier molecular flexibility index (Phi) is 1.92. The molecule has 0 atom stereocenters. The first-order valence-corrected chi connectivity index (χ1v) is 3.24. The Hall–Kier alpha value is -0.600. The quantitative estimate of drug-likeness (QED) is 0.600. The van der Waals surface area contributed by atoms with Gasteiger partial charge in [0.25, 0.3) is 0 Å². The molecular formula is C6H4Cl2O2. The summed E-state index contributed by atoms with van der Waals surface area (Å²) >= 11 is 10.9. The molecule has 4 heteroatoms. The van der Waals surface area contributed by atoms with E-state index in [2.05, 4.69) is 0 Å². The van der Waals surface area contributed by atoms with Crippen molar-refractivity contribution in [1.29, 1.82) is 0 Å². The van der Waals surface area contributed by atoms with E-state index in [1.165, 1.54) is 12.1 Å². The van der Waals surface area contributed by atoms with Gasteiger partial charge >= 0.3 is 0 Å². The molecule has 1 rings (SSSR count). The number of halogens is 2. The Bertz CT molecular complexity index is 233. The van der Waals surface area contributed by atoms with E-state index in [-0.39, 0.29) is 21.5 Å². The average Bonchev–Trinajstić information content (AvgIpc) is 1.93. The fourth-order valence-electron chi connectivity index (χ4n) is 0.530. The minimum atomic E-state index is -0.380. The molecule has 0 fully saturated rings. The molecule has 0 radical (unpaired) electrons. The Balaban J connectivity index is 3.34. The first-order valence-electron chi connectivity index (χ1n) is 2.49. The van der Waals surface area contributed by atoms with Gasteiger partial charge in [-0.2, -0.15) is 0 Å². The van der Waals surface area contributed by atoms with Gasteiger partial charge in [0.2, 0.25) is 0 Å². The molecule has 1 aromatic carbocycles. The third kappa shape index (κ3) is 1.13. The number of hydrogen-bond acceptors (Lipinski definition) is 2. The van der Waals surface area contributed by atoms with Crippen LogP contribution in [0.25, 0.3) is 0 Å². The molecule has 0 aliphatic carbocycles. The lowest BCUT2D eigenvalue weighted by atomic mass is 10.3. The normalized spacial score (nSPS) is 9.80. The first-order chi connectivity index (χ1) is 4.63. The molecule has 0 aliphatic heterocycles. The maximum Gasteiger partial charge on any atom is 0.178 e. The van der Waals surface area contributed by atoms with E-state index in [1.54, 1.807) is 0 Å². The summed E-state index contributed by atoms with van der Waals surface area (Å²) in [6.45, 7) is 0. The Morgan fingerprint density at radius 2 is 1.70 bits per heavy atom. The number of benzene rings is 1. The summed E-state index contributed by atoms with van der Waals surface area (Å²) in [5.41, 5.74) is 0. The van der Waals surface area contributed by atoms with Crippen LogP contribution in [0.15, 0.2) is 12.1 Å². The van der Waals surface area contributed by atoms with Crippen LogP contribution in [0.2, 0.25) is 10.0 Å². The molecule has 0 spiro atoms. The molecule has 0 bridgehead atoms. The predicted octanol–water partition coefficient (Wildman–Crippen LogP) is 2.40. The van der Waals surface area contributed by atoms with Crippen molar-refractivity contribution >= 4 is 23.2 Å². The summed E-state index contributed by atoms with van der Waals surface area (Å²) in [5.74, 6) is -0.649. The number of phenols is 2. The number of phenolic OH excluding ortho intramolecular Hbond substituents is 2. The molecule has 0 saturated carbocycles. The molecule has 0 aliphatic rings. The summed E-state index contributed by atoms with van der Waals surface area (Å²) in [7, 11) is 0. The lowest BCUT2D eigenvalue weighted by molar-refractivity contribution is 0.404. The van der Waals surface area contributed by atoms with Crippen LogP contribution < -0.4 is 0 Å². The highest BCUT2D eigenvalue weighted by atomic mass is 35.5. The third-order valence-electron chi connectivity index (χ3n) is 1.05. The maximum atomic E-state index is 8.92. The minimum Gasteiger partial charge on any atom is -0.504 e. The van der Waals surface area contributed by atoms with Crippen molar-refractivity contribution in [2.45, 2.75) is 0 Å². The number of hydrogen-bond donors (Lipinski definition) is 2. The van der Waals surface area contributed by atoms with Gasteiger partial charge in [0.15, 0.2) is 11.5 Å². The Morgan fingerprint density at radius 1 is 1.10 bits per heavy atom. The van der Waals surface area contributed by atoms with E-state index in [0.717, 1.165) is 0 Å². The lowest BCUT2D eigenvalue weighted by Crippen LogP contribution is -1.71.